The second-order valence-electron chi connectivity index (χ2n) is 5.12. The highest BCUT2D eigenvalue weighted by molar-refractivity contribution is 7.92. The fourth-order valence-electron chi connectivity index (χ4n) is 2.11. The number of amides is 1. The molecule has 9 nitrogen and oxygen atoms in total. The molecule has 0 aliphatic rings. The molecule has 0 saturated carbocycles. The lowest BCUT2D eigenvalue weighted by Crippen LogP contribution is -2.18. The Kier molecular flexibility index (Phi) is 4.85. The third-order valence-electron chi connectivity index (χ3n) is 3.40. The van der Waals surface area contributed by atoms with Crippen LogP contribution in [0.15, 0.2) is 59.5 Å². The molecule has 0 aliphatic heterocycles. The Balaban J connectivity index is 1.78. The first kappa shape index (κ1) is 17.4. The van der Waals surface area contributed by atoms with Gasteiger partial charge in [-0.15, -0.1) is 10.2 Å². The van der Waals surface area contributed by atoms with Crippen molar-refractivity contribution < 1.29 is 17.9 Å². The van der Waals surface area contributed by atoms with Gasteiger partial charge in [-0.1, -0.05) is 18.2 Å². The predicted molar refractivity (Wildman–Crippen MR) is 94.6 cm³/mol. The van der Waals surface area contributed by atoms with E-state index >= 15 is 0 Å². The number of aromatic amines is 1. The molecular weight excluding hydrogens is 358 g/mol. The minimum atomic E-state index is -3.89. The molecule has 134 valence electrons. The van der Waals surface area contributed by atoms with Crippen LogP contribution in [0, 0.1) is 0 Å². The Labute approximate surface area is 149 Å². The van der Waals surface area contributed by atoms with E-state index in [9.17, 15) is 13.2 Å². The molecule has 0 bridgehead atoms. The molecule has 0 radical (unpaired) electrons. The van der Waals surface area contributed by atoms with Crippen LogP contribution in [0.2, 0.25) is 0 Å². The van der Waals surface area contributed by atoms with Crippen LogP contribution >= 0.6 is 0 Å². The van der Waals surface area contributed by atoms with Gasteiger partial charge in [0.05, 0.1) is 12.0 Å². The van der Waals surface area contributed by atoms with Gasteiger partial charge in [-0.05, 0) is 36.4 Å². The largest absolute Gasteiger partial charge is 0.497 e. The smallest absolute Gasteiger partial charge is 0.280 e. The summed E-state index contributed by atoms with van der Waals surface area (Å²) in [6.07, 6.45) is 0. The zero-order valence-electron chi connectivity index (χ0n) is 13.6. The maximum atomic E-state index is 12.4. The number of sulfonamides is 1. The molecule has 3 N–H and O–H groups in total. The van der Waals surface area contributed by atoms with Crippen molar-refractivity contribution in [2.45, 2.75) is 4.90 Å². The normalized spacial score (nSPS) is 11.0. The maximum Gasteiger partial charge on any atom is 0.280 e. The standard InChI is InChI=1S/C16H15N5O4S/c1-25-12-9-7-11(8-10-12)17-16(22)14-15(19-21-18-14)20-26(23,24)13-5-3-2-4-6-13/h2-10H,1H3,(H,17,22)(H2,18,19,20,21). The highest BCUT2D eigenvalue weighted by Gasteiger charge is 2.22. The number of ether oxygens (including phenoxy) is 1. The van der Waals surface area contributed by atoms with Crippen LogP contribution in [0.1, 0.15) is 10.5 Å². The van der Waals surface area contributed by atoms with Crippen molar-refractivity contribution in [2.24, 2.45) is 0 Å². The van der Waals surface area contributed by atoms with Crippen LogP contribution in [0.5, 0.6) is 5.75 Å². The first-order valence-corrected chi connectivity index (χ1v) is 8.92. The van der Waals surface area contributed by atoms with Gasteiger partial charge in [0.25, 0.3) is 15.9 Å². The lowest BCUT2D eigenvalue weighted by molar-refractivity contribution is 0.102. The Bertz CT molecular complexity index is 1000. The van der Waals surface area contributed by atoms with E-state index < -0.39 is 15.9 Å². The summed E-state index contributed by atoms with van der Waals surface area (Å²) >= 11 is 0. The van der Waals surface area contributed by atoms with Crippen molar-refractivity contribution in [3.05, 3.63) is 60.3 Å². The molecule has 0 atom stereocenters. The number of carbonyl (C=O) groups excluding carboxylic acids is 1. The summed E-state index contributed by atoms with van der Waals surface area (Å²) in [4.78, 5) is 12.4. The molecule has 0 saturated heterocycles. The average Bonchev–Trinajstić information content (AvgIpc) is 3.10. The van der Waals surface area contributed by atoms with Gasteiger partial charge in [0, 0.05) is 5.69 Å². The second kappa shape index (κ2) is 7.23. The fourth-order valence-corrected chi connectivity index (χ4v) is 3.14. The molecule has 1 amide bonds. The van der Waals surface area contributed by atoms with Gasteiger partial charge < -0.3 is 10.1 Å². The van der Waals surface area contributed by atoms with Crippen molar-refractivity contribution in [3.63, 3.8) is 0 Å². The van der Waals surface area contributed by atoms with Crippen LogP contribution in [-0.4, -0.2) is 36.8 Å². The van der Waals surface area contributed by atoms with E-state index in [4.69, 9.17) is 4.74 Å². The maximum absolute atomic E-state index is 12.4. The van der Waals surface area contributed by atoms with Gasteiger partial charge in [0.2, 0.25) is 0 Å². The predicted octanol–water partition coefficient (Wildman–Crippen LogP) is 1.87. The fraction of sp³-hybridized carbons (Fsp3) is 0.0625. The van der Waals surface area contributed by atoms with Gasteiger partial charge in [-0.3, -0.25) is 9.52 Å². The third kappa shape index (κ3) is 3.81. The van der Waals surface area contributed by atoms with Gasteiger partial charge in [0.1, 0.15) is 5.75 Å². The Hall–Kier alpha value is -3.40. The van der Waals surface area contributed by atoms with Crippen LogP contribution in [-0.2, 0) is 10.0 Å². The summed E-state index contributed by atoms with van der Waals surface area (Å²) < 4.78 is 32.0. The summed E-state index contributed by atoms with van der Waals surface area (Å²) in [6.45, 7) is 0. The van der Waals surface area contributed by atoms with Crippen molar-refractivity contribution in [1.29, 1.82) is 0 Å². The van der Waals surface area contributed by atoms with E-state index in [1.54, 1.807) is 42.5 Å². The SMILES string of the molecule is COc1ccc(NC(=O)c2n[nH]nc2NS(=O)(=O)c2ccccc2)cc1. The number of anilines is 2. The number of aromatic nitrogens is 3. The van der Waals surface area contributed by atoms with E-state index in [-0.39, 0.29) is 16.4 Å². The lowest BCUT2D eigenvalue weighted by atomic mass is 10.3. The summed E-state index contributed by atoms with van der Waals surface area (Å²) in [5, 5.41) is 12.3. The van der Waals surface area contributed by atoms with Gasteiger partial charge in [-0.25, -0.2) is 8.42 Å². The van der Waals surface area contributed by atoms with E-state index in [1.807, 2.05) is 0 Å². The number of rotatable bonds is 6. The Morgan fingerprint density at radius 1 is 1.04 bits per heavy atom. The van der Waals surface area contributed by atoms with Crippen LogP contribution in [0.3, 0.4) is 0 Å². The number of hydrogen-bond acceptors (Lipinski definition) is 6. The number of nitrogens with zero attached hydrogens (tertiary/aromatic N) is 2. The van der Waals surface area contributed by atoms with Crippen molar-refractivity contribution in [2.75, 3.05) is 17.1 Å². The first-order chi connectivity index (χ1) is 12.5. The molecule has 10 heteroatoms. The van der Waals surface area contributed by atoms with Gasteiger partial charge >= 0.3 is 0 Å². The first-order valence-electron chi connectivity index (χ1n) is 7.43. The summed E-state index contributed by atoms with van der Waals surface area (Å²) in [7, 11) is -2.35. The van der Waals surface area contributed by atoms with E-state index in [0.29, 0.717) is 11.4 Å². The molecule has 1 heterocycles. The number of H-pyrrole nitrogens is 1. The number of carbonyl (C=O) groups is 1. The lowest BCUT2D eigenvalue weighted by Gasteiger charge is -2.07. The molecule has 0 fully saturated rings. The second-order valence-corrected chi connectivity index (χ2v) is 6.80. The van der Waals surface area contributed by atoms with Crippen molar-refractivity contribution >= 4 is 27.4 Å². The zero-order chi connectivity index (χ0) is 18.6. The van der Waals surface area contributed by atoms with E-state index in [1.165, 1.54) is 19.2 Å². The summed E-state index contributed by atoms with van der Waals surface area (Å²) in [5.41, 5.74) is 0.316. The molecule has 0 unspecified atom stereocenters. The molecule has 1 aromatic heterocycles. The molecule has 2 aromatic carbocycles. The molecule has 26 heavy (non-hydrogen) atoms. The summed E-state index contributed by atoms with van der Waals surface area (Å²) in [5.74, 6) is -0.171. The molecule has 3 aromatic rings. The summed E-state index contributed by atoms with van der Waals surface area (Å²) in [6, 6.07) is 14.4. The van der Waals surface area contributed by atoms with Crippen LogP contribution in [0.4, 0.5) is 11.5 Å². The Morgan fingerprint density at radius 3 is 2.38 bits per heavy atom. The highest BCUT2D eigenvalue weighted by atomic mass is 32.2. The monoisotopic (exact) mass is 373 g/mol. The van der Waals surface area contributed by atoms with E-state index in [2.05, 4.69) is 25.4 Å². The third-order valence-corrected chi connectivity index (χ3v) is 4.75. The zero-order valence-corrected chi connectivity index (χ0v) is 14.4. The van der Waals surface area contributed by atoms with E-state index in [0.717, 1.165) is 0 Å². The van der Waals surface area contributed by atoms with Crippen molar-refractivity contribution in [3.8, 4) is 5.75 Å². The quantitative estimate of drug-likeness (QED) is 0.605. The van der Waals surface area contributed by atoms with Gasteiger partial charge in [0.15, 0.2) is 11.5 Å². The molecule has 0 spiro atoms. The minimum Gasteiger partial charge on any atom is -0.497 e. The van der Waals surface area contributed by atoms with Crippen molar-refractivity contribution in [1.82, 2.24) is 15.4 Å². The number of methoxy groups -OCH3 is 1. The Morgan fingerprint density at radius 2 is 1.73 bits per heavy atom. The molecular formula is C16H15N5O4S. The number of nitrogens with one attached hydrogen (secondary N) is 3. The molecule has 0 aliphatic carbocycles. The number of benzene rings is 2. The van der Waals surface area contributed by atoms with Crippen LogP contribution < -0.4 is 14.8 Å². The van der Waals surface area contributed by atoms with Gasteiger partial charge in [-0.2, -0.15) is 5.21 Å². The molecule has 3 rings (SSSR count). The highest BCUT2D eigenvalue weighted by Crippen LogP contribution is 2.19. The topological polar surface area (TPSA) is 126 Å². The number of hydrogen-bond donors (Lipinski definition) is 3. The minimum absolute atomic E-state index is 0.0458. The average molecular weight is 373 g/mol. The van der Waals surface area contributed by atoms with Crippen LogP contribution in [0.25, 0.3) is 0 Å².